The average molecular weight is 241 g/mol. The lowest BCUT2D eigenvalue weighted by molar-refractivity contribution is -0.133. The second kappa shape index (κ2) is 5.83. The third kappa shape index (κ3) is 5.50. The summed E-state index contributed by atoms with van der Waals surface area (Å²) in [5.74, 6) is 0.254. The van der Waals surface area contributed by atoms with Crippen LogP contribution in [0.3, 0.4) is 0 Å². The van der Waals surface area contributed by atoms with Crippen LogP contribution in [0.25, 0.3) is 0 Å². The maximum Gasteiger partial charge on any atom is 0.236 e. The van der Waals surface area contributed by atoms with Gasteiger partial charge in [0.1, 0.15) is 0 Å². The van der Waals surface area contributed by atoms with Crippen molar-refractivity contribution in [2.75, 3.05) is 33.7 Å². The predicted molar refractivity (Wildman–Crippen MR) is 71.0 cm³/mol. The molecule has 0 spiro atoms. The Kier molecular flexibility index (Phi) is 4.95. The number of carbonyl (C=O) groups is 1. The molecule has 1 amide bonds. The molecule has 4 heteroatoms. The summed E-state index contributed by atoms with van der Waals surface area (Å²) in [5.41, 5.74) is 0.167. The van der Waals surface area contributed by atoms with Crippen molar-refractivity contribution in [1.82, 2.24) is 15.1 Å². The molecule has 0 aromatic rings. The minimum absolute atomic E-state index is 0.167. The first-order valence-electron chi connectivity index (χ1n) is 6.48. The fraction of sp³-hybridized carbons (Fsp3) is 0.923. The van der Waals surface area contributed by atoms with Crippen LogP contribution in [-0.4, -0.2) is 61.0 Å². The summed E-state index contributed by atoms with van der Waals surface area (Å²) in [7, 11) is 3.87. The number of amides is 1. The van der Waals surface area contributed by atoms with Gasteiger partial charge < -0.3 is 15.1 Å². The molecule has 0 bridgehead atoms. The number of nitrogens with one attached hydrogen (secondary N) is 1. The second-order valence-corrected chi connectivity index (χ2v) is 6.29. The molecule has 0 atom stereocenters. The molecule has 1 rings (SSSR count). The Hall–Kier alpha value is -0.610. The SMILES string of the molecule is CN(C)CC(=O)N1CCC(NC(C)(C)C)CC1. The zero-order chi connectivity index (χ0) is 13.1. The molecule has 0 aromatic carbocycles. The van der Waals surface area contributed by atoms with Crippen LogP contribution < -0.4 is 5.32 Å². The van der Waals surface area contributed by atoms with Crippen molar-refractivity contribution >= 4 is 5.91 Å². The quantitative estimate of drug-likeness (QED) is 0.798. The topological polar surface area (TPSA) is 35.6 Å². The molecule has 100 valence electrons. The summed E-state index contributed by atoms with van der Waals surface area (Å²) in [4.78, 5) is 15.8. The molecule has 1 aliphatic rings. The molecule has 1 heterocycles. The smallest absolute Gasteiger partial charge is 0.236 e. The molecule has 17 heavy (non-hydrogen) atoms. The summed E-state index contributed by atoms with van der Waals surface area (Å²) >= 11 is 0. The maximum absolute atomic E-state index is 11.9. The van der Waals surface area contributed by atoms with Crippen LogP contribution in [-0.2, 0) is 4.79 Å². The van der Waals surface area contributed by atoms with E-state index in [-0.39, 0.29) is 11.4 Å². The molecular formula is C13H27N3O. The number of hydrogen-bond donors (Lipinski definition) is 1. The van der Waals surface area contributed by atoms with Gasteiger partial charge in [0.05, 0.1) is 6.54 Å². The van der Waals surface area contributed by atoms with E-state index in [2.05, 4.69) is 26.1 Å². The summed E-state index contributed by atoms with van der Waals surface area (Å²) in [6.45, 7) is 8.88. The number of likely N-dealkylation sites (tertiary alicyclic amines) is 1. The summed E-state index contributed by atoms with van der Waals surface area (Å²) in [5, 5.41) is 3.61. The fourth-order valence-electron chi connectivity index (χ4n) is 2.26. The lowest BCUT2D eigenvalue weighted by Gasteiger charge is -2.36. The van der Waals surface area contributed by atoms with Gasteiger partial charge in [0, 0.05) is 24.7 Å². The van der Waals surface area contributed by atoms with Crippen LogP contribution in [0.2, 0.25) is 0 Å². The first-order valence-corrected chi connectivity index (χ1v) is 6.48. The van der Waals surface area contributed by atoms with E-state index in [4.69, 9.17) is 0 Å². The Morgan fingerprint density at radius 1 is 1.29 bits per heavy atom. The second-order valence-electron chi connectivity index (χ2n) is 6.29. The molecule has 4 nitrogen and oxygen atoms in total. The third-order valence-electron chi connectivity index (χ3n) is 2.94. The summed E-state index contributed by atoms with van der Waals surface area (Å²) < 4.78 is 0. The number of likely N-dealkylation sites (N-methyl/N-ethyl adjacent to an activating group) is 1. The van der Waals surface area contributed by atoms with E-state index in [0.717, 1.165) is 25.9 Å². The van der Waals surface area contributed by atoms with Crippen LogP contribution in [0.5, 0.6) is 0 Å². The van der Waals surface area contributed by atoms with E-state index in [1.54, 1.807) is 0 Å². The average Bonchev–Trinajstić information content (AvgIpc) is 2.15. The third-order valence-corrected chi connectivity index (χ3v) is 2.94. The normalized spacial score (nSPS) is 18.8. The number of hydrogen-bond acceptors (Lipinski definition) is 3. The highest BCUT2D eigenvalue weighted by Gasteiger charge is 2.25. The highest BCUT2D eigenvalue weighted by Crippen LogP contribution is 2.14. The number of rotatable bonds is 3. The standard InChI is InChI=1S/C13H27N3O/c1-13(2,3)14-11-6-8-16(9-7-11)12(17)10-15(4)5/h11,14H,6-10H2,1-5H3. The van der Waals surface area contributed by atoms with Crippen molar-refractivity contribution < 1.29 is 4.79 Å². The molecule has 0 unspecified atom stereocenters. The van der Waals surface area contributed by atoms with Gasteiger partial charge in [-0.05, 0) is 47.7 Å². The van der Waals surface area contributed by atoms with Crippen LogP contribution >= 0.6 is 0 Å². The predicted octanol–water partition coefficient (Wildman–Crippen LogP) is 0.927. The molecule has 0 saturated carbocycles. The van der Waals surface area contributed by atoms with Crippen molar-refractivity contribution in [3.8, 4) is 0 Å². The van der Waals surface area contributed by atoms with Gasteiger partial charge >= 0.3 is 0 Å². The fourth-order valence-corrected chi connectivity index (χ4v) is 2.26. The first-order chi connectivity index (χ1) is 7.78. The Morgan fingerprint density at radius 3 is 2.24 bits per heavy atom. The van der Waals surface area contributed by atoms with Gasteiger partial charge in [-0.1, -0.05) is 0 Å². The highest BCUT2D eigenvalue weighted by atomic mass is 16.2. The van der Waals surface area contributed by atoms with Gasteiger partial charge in [0.15, 0.2) is 0 Å². The van der Waals surface area contributed by atoms with E-state index in [0.29, 0.717) is 12.6 Å². The molecule has 1 saturated heterocycles. The van der Waals surface area contributed by atoms with Crippen molar-refractivity contribution in [3.63, 3.8) is 0 Å². The molecule has 0 aromatic heterocycles. The van der Waals surface area contributed by atoms with Gasteiger partial charge in [-0.15, -0.1) is 0 Å². The van der Waals surface area contributed by atoms with Crippen molar-refractivity contribution in [3.05, 3.63) is 0 Å². The first kappa shape index (κ1) is 14.5. The van der Waals surface area contributed by atoms with E-state index in [1.165, 1.54) is 0 Å². The number of nitrogens with zero attached hydrogens (tertiary/aromatic N) is 2. The molecule has 1 N–H and O–H groups in total. The van der Waals surface area contributed by atoms with Gasteiger partial charge in [-0.2, -0.15) is 0 Å². The van der Waals surface area contributed by atoms with Crippen LogP contribution in [0, 0.1) is 0 Å². The monoisotopic (exact) mass is 241 g/mol. The zero-order valence-electron chi connectivity index (χ0n) is 11.9. The van der Waals surface area contributed by atoms with Crippen LogP contribution in [0.15, 0.2) is 0 Å². The molecule has 0 aliphatic carbocycles. The van der Waals surface area contributed by atoms with Crippen LogP contribution in [0.4, 0.5) is 0 Å². The van der Waals surface area contributed by atoms with Crippen molar-refractivity contribution in [1.29, 1.82) is 0 Å². The molecule has 1 aliphatic heterocycles. The van der Waals surface area contributed by atoms with E-state index in [1.807, 2.05) is 23.9 Å². The highest BCUT2D eigenvalue weighted by molar-refractivity contribution is 5.78. The summed E-state index contributed by atoms with van der Waals surface area (Å²) in [6.07, 6.45) is 2.13. The Labute approximate surface area is 105 Å². The lowest BCUT2D eigenvalue weighted by Crippen LogP contribution is -2.51. The van der Waals surface area contributed by atoms with Gasteiger partial charge in [-0.3, -0.25) is 4.79 Å². The van der Waals surface area contributed by atoms with Gasteiger partial charge in [-0.25, -0.2) is 0 Å². The summed E-state index contributed by atoms with van der Waals surface area (Å²) in [6, 6.07) is 0.554. The Balaban J connectivity index is 2.33. The maximum atomic E-state index is 11.9. The zero-order valence-corrected chi connectivity index (χ0v) is 11.9. The number of carbonyl (C=O) groups excluding carboxylic acids is 1. The van der Waals surface area contributed by atoms with E-state index in [9.17, 15) is 4.79 Å². The van der Waals surface area contributed by atoms with Crippen LogP contribution in [0.1, 0.15) is 33.6 Å². The van der Waals surface area contributed by atoms with E-state index < -0.39 is 0 Å². The molecule has 1 fully saturated rings. The molecular weight excluding hydrogens is 214 g/mol. The number of piperidine rings is 1. The van der Waals surface area contributed by atoms with Crippen molar-refractivity contribution in [2.24, 2.45) is 0 Å². The Bertz CT molecular complexity index is 250. The van der Waals surface area contributed by atoms with E-state index >= 15 is 0 Å². The van der Waals surface area contributed by atoms with Crippen molar-refractivity contribution in [2.45, 2.75) is 45.2 Å². The van der Waals surface area contributed by atoms with Gasteiger partial charge in [0.2, 0.25) is 5.91 Å². The Morgan fingerprint density at radius 2 is 1.82 bits per heavy atom. The lowest BCUT2D eigenvalue weighted by atomic mass is 10.00. The van der Waals surface area contributed by atoms with Gasteiger partial charge in [0.25, 0.3) is 0 Å². The largest absolute Gasteiger partial charge is 0.341 e. The molecule has 0 radical (unpaired) electrons. The minimum atomic E-state index is 0.167. The minimum Gasteiger partial charge on any atom is -0.341 e.